The molecule has 0 atom stereocenters. The third-order valence-electron chi connectivity index (χ3n) is 2.67. The number of ether oxygens (including phenoxy) is 3. The van der Waals surface area contributed by atoms with Gasteiger partial charge in [-0.2, -0.15) is 0 Å². The Morgan fingerprint density at radius 2 is 1.70 bits per heavy atom. The summed E-state index contributed by atoms with van der Waals surface area (Å²) in [5, 5.41) is 3.37. The summed E-state index contributed by atoms with van der Waals surface area (Å²) < 4.78 is 16.4. The Balaban J connectivity index is 2.63. The van der Waals surface area contributed by atoms with Crippen molar-refractivity contribution in [2.24, 2.45) is 0 Å². The molecule has 1 rings (SSSR count). The van der Waals surface area contributed by atoms with Gasteiger partial charge < -0.3 is 19.5 Å². The number of hydrogen-bond donors (Lipinski definition) is 1. The molecular weight excluding hydrogens is 254 g/mol. The first-order chi connectivity index (χ1) is 9.37. The minimum atomic E-state index is 0.0606. The molecule has 0 heterocycles. The minimum absolute atomic E-state index is 0.0606. The first-order valence-electron chi connectivity index (χ1n) is 6.63. The lowest BCUT2D eigenvalue weighted by Gasteiger charge is -2.21. The Bertz CT molecular complexity index is 427. The fourth-order valence-electron chi connectivity index (χ4n) is 1.57. The average molecular weight is 279 g/mol. The van der Waals surface area contributed by atoms with E-state index in [1.165, 1.54) is 0 Å². The molecule has 0 bridgehead atoms. The Kier molecular flexibility index (Phi) is 5.89. The second kappa shape index (κ2) is 7.20. The molecule has 4 heteroatoms. The van der Waals surface area contributed by atoms with E-state index < -0.39 is 0 Å². The van der Waals surface area contributed by atoms with Crippen LogP contribution in [0.1, 0.15) is 20.8 Å². The molecule has 20 heavy (non-hydrogen) atoms. The Morgan fingerprint density at radius 1 is 1.15 bits per heavy atom. The number of para-hydroxylation sites is 1. The van der Waals surface area contributed by atoms with Crippen molar-refractivity contribution in [2.75, 3.05) is 27.4 Å². The molecule has 112 valence electrons. The van der Waals surface area contributed by atoms with Crippen molar-refractivity contribution < 1.29 is 14.2 Å². The van der Waals surface area contributed by atoms with Crippen molar-refractivity contribution in [3.8, 4) is 17.2 Å². The average Bonchev–Trinajstić information content (AvgIpc) is 2.41. The van der Waals surface area contributed by atoms with Crippen molar-refractivity contribution in [3.63, 3.8) is 0 Å². The monoisotopic (exact) mass is 279 g/mol. The molecule has 0 amide bonds. The van der Waals surface area contributed by atoms with Crippen LogP contribution in [-0.2, 0) is 0 Å². The predicted molar refractivity (Wildman–Crippen MR) is 81.9 cm³/mol. The van der Waals surface area contributed by atoms with Crippen molar-refractivity contribution in [1.29, 1.82) is 0 Å². The molecule has 0 unspecified atom stereocenters. The molecule has 0 radical (unpaired) electrons. The Labute approximate surface area is 121 Å². The first kappa shape index (κ1) is 16.4. The molecule has 0 fully saturated rings. The SMILES string of the molecule is C=C(CNC(C)(C)C)COc1c(OC)cccc1OC. The highest BCUT2D eigenvalue weighted by Crippen LogP contribution is 2.36. The molecule has 0 aliphatic heterocycles. The van der Waals surface area contributed by atoms with Gasteiger partial charge in [0.1, 0.15) is 6.61 Å². The highest BCUT2D eigenvalue weighted by molar-refractivity contribution is 5.51. The zero-order valence-corrected chi connectivity index (χ0v) is 13.1. The zero-order valence-electron chi connectivity index (χ0n) is 13.1. The molecule has 0 aromatic heterocycles. The van der Waals surface area contributed by atoms with E-state index in [0.29, 0.717) is 30.4 Å². The van der Waals surface area contributed by atoms with Crippen LogP contribution in [0.4, 0.5) is 0 Å². The molecule has 0 aliphatic rings. The van der Waals surface area contributed by atoms with Gasteiger partial charge in [-0.15, -0.1) is 0 Å². The highest BCUT2D eigenvalue weighted by atomic mass is 16.5. The molecular formula is C16H25NO3. The number of benzene rings is 1. The standard InChI is InChI=1S/C16H25NO3/c1-12(10-17-16(2,3)4)11-20-15-13(18-5)8-7-9-14(15)19-6/h7-9,17H,1,10-11H2,2-6H3. The largest absolute Gasteiger partial charge is 0.493 e. The maximum absolute atomic E-state index is 5.79. The van der Waals surface area contributed by atoms with Gasteiger partial charge in [0, 0.05) is 12.1 Å². The van der Waals surface area contributed by atoms with E-state index in [2.05, 4.69) is 32.7 Å². The van der Waals surface area contributed by atoms with E-state index in [4.69, 9.17) is 14.2 Å². The molecule has 0 aliphatic carbocycles. The van der Waals surface area contributed by atoms with Crippen LogP contribution >= 0.6 is 0 Å². The van der Waals surface area contributed by atoms with Crippen LogP contribution in [0, 0.1) is 0 Å². The Morgan fingerprint density at radius 3 is 2.15 bits per heavy atom. The lowest BCUT2D eigenvalue weighted by Crippen LogP contribution is -2.37. The van der Waals surface area contributed by atoms with Gasteiger partial charge in [-0.3, -0.25) is 0 Å². The quantitative estimate of drug-likeness (QED) is 0.779. The first-order valence-corrected chi connectivity index (χ1v) is 6.63. The molecule has 0 saturated carbocycles. The molecule has 1 aromatic carbocycles. The summed E-state index contributed by atoms with van der Waals surface area (Å²) in [5.41, 5.74) is 1.03. The van der Waals surface area contributed by atoms with Crippen LogP contribution in [0.15, 0.2) is 30.4 Å². The minimum Gasteiger partial charge on any atom is -0.493 e. The molecule has 1 aromatic rings. The number of hydrogen-bond acceptors (Lipinski definition) is 4. The van der Waals surface area contributed by atoms with E-state index in [-0.39, 0.29) is 5.54 Å². The van der Waals surface area contributed by atoms with Crippen LogP contribution in [0.2, 0.25) is 0 Å². The van der Waals surface area contributed by atoms with Crippen LogP contribution in [0.25, 0.3) is 0 Å². The van der Waals surface area contributed by atoms with Gasteiger partial charge in [0.15, 0.2) is 11.5 Å². The van der Waals surface area contributed by atoms with Crippen molar-refractivity contribution >= 4 is 0 Å². The van der Waals surface area contributed by atoms with Gasteiger partial charge in [0.2, 0.25) is 5.75 Å². The van der Waals surface area contributed by atoms with E-state index in [1.807, 2.05) is 18.2 Å². The Hall–Kier alpha value is -1.68. The smallest absolute Gasteiger partial charge is 0.203 e. The molecule has 1 N–H and O–H groups in total. The van der Waals surface area contributed by atoms with Crippen molar-refractivity contribution in [1.82, 2.24) is 5.32 Å². The third-order valence-corrected chi connectivity index (χ3v) is 2.67. The summed E-state index contributed by atoms with van der Waals surface area (Å²) in [6.07, 6.45) is 0. The normalized spacial score (nSPS) is 11.1. The van der Waals surface area contributed by atoms with Crippen LogP contribution < -0.4 is 19.5 Å². The van der Waals surface area contributed by atoms with Gasteiger partial charge in [0.05, 0.1) is 14.2 Å². The maximum atomic E-state index is 5.79. The van der Waals surface area contributed by atoms with Gasteiger partial charge in [-0.1, -0.05) is 12.6 Å². The molecule has 4 nitrogen and oxygen atoms in total. The van der Waals surface area contributed by atoms with Crippen LogP contribution in [0.5, 0.6) is 17.2 Å². The summed E-state index contributed by atoms with van der Waals surface area (Å²) in [5.74, 6) is 1.91. The molecule has 0 saturated heterocycles. The summed E-state index contributed by atoms with van der Waals surface area (Å²) >= 11 is 0. The second-order valence-electron chi connectivity index (χ2n) is 5.63. The number of methoxy groups -OCH3 is 2. The fraction of sp³-hybridized carbons (Fsp3) is 0.500. The van der Waals surface area contributed by atoms with Crippen molar-refractivity contribution in [3.05, 3.63) is 30.4 Å². The topological polar surface area (TPSA) is 39.7 Å². The maximum Gasteiger partial charge on any atom is 0.203 e. The summed E-state index contributed by atoms with van der Waals surface area (Å²) in [6.45, 7) is 11.5. The number of nitrogens with one attached hydrogen (secondary N) is 1. The third kappa shape index (κ3) is 5.13. The van der Waals surface area contributed by atoms with E-state index in [0.717, 1.165) is 5.57 Å². The van der Waals surface area contributed by atoms with Crippen LogP contribution in [0.3, 0.4) is 0 Å². The summed E-state index contributed by atoms with van der Waals surface area (Å²) in [7, 11) is 3.22. The summed E-state index contributed by atoms with van der Waals surface area (Å²) in [6, 6.07) is 5.54. The van der Waals surface area contributed by atoms with E-state index >= 15 is 0 Å². The van der Waals surface area contributed by atoms with Gasteiger partial charge in [-0.05, 0) is 38.5 Å². The van der Waals surface area contributed by atoms with Gasteiger partial charge >= 0.3 is 0 Å². The lowest BCUT2D eigenvalue weighted by atomic mass is 10.1. The van der Waals surface area contributed by atoms with Crippen molar-refractivity contribution in [2.45, 2.75) is 26.3 Å². The number of rotatable bonds is 7. The predicted octanol–water partition coefficient (Wildman–Crippen LogP) is 3.03. The second-order valence-corrected chi connectivity index (χ2v) is 5.63. The summed E-state index contributed by atoms with van der Waals surface area (Å²) in [4.78, 5) is 0. The van der Waals surface area contributed by atoms with Crippen LogP contribution in [-0.4, -0.2) is 32.9 Å². The van der Waals surface area contributed by atoms with E-state index in [9.17, 15) is 0 Å². The molecule has 0 spiro atoms. The van der Waals surface area contributed by atoms with Gasteiger partial charge in [0.25, 0.3) is 0 Å². The lowest BCUT2D eigenvalue weighted by molar-refractivity contribution is 0.291. The van der Waals surface area contributed by atoms with Gasteiger partial charge in [-0.25, -0.2) is 0 Å². The zero-order chi connectivity index (χ0) is 15.2. The van der Waals surface area contributed by atoms with E-state index in [1.54, 1.807) is 14.2 Å². The fourth-order valence-corrected chi connectivity index (χ4v) is 1.57. The highest BCUT2D eigenvalue weighted by Gasteiger charge is 2.13.